The van der Waals surface area contributed by atoms with Crippen LogP contribution >= 0.6 is 0 Å². The summed E-state index contributed by atoms with van der Waals surface area (Å²) in [4.78, 5) is 7.49. The van der Waals surface area contributed by atoms with Crippen LogP contribution in [0.3, 0.4) is 0 Å². The average molecular weight is 157 g/mol. The van der Waals surface area contributed by atoms with E-state index in [9.17, 15) is 4.21 Å². The molecule has 2 N–H and O–H groups in total. The quantitative estimate of drug-likeness (QED) is 0.573. The molecule has 0 fully saturated rings. The summed E-state index contributed by atoms with van der Waals surface area (Å²) in [6, 6.07) is 1.55. The number of nitrogens with two attached hydrogens (primary N) is 1. The van der Waals surface area contributed by atoms with Crippen LogP contribution in [0.4, 0.5) is 5.82 Å². The second kappa shape index (κ2) is 2.74. The number of anilines is 1. The molecule has 0 radical (unpaired) electrons. The third-order valence-electron chi connectivity index (χ3n) is 0.912. The standard InChI is InChI=1S/C5H7N3OS/c1-10(9)5-7-3-2-4(6)8-5/h2-3H,1H3,(H2,6,7,8)/t10-/m0/s1. The molecule has 1 heterocycles. The van der Waals surface area contributed by atoms with Gasteiger partial charge in [-0.3, -0.25) is 4.21 Å². The van der Waals surface area contributed by atoms with E-state index >= 15 is 0 Å². The molecule has 1 atom stereocenters. The van der Waals surface area contributed by atoms with Gasteiger partial charge in [-0.2, -0.15) is 0 Å². The molecule has 0 bridgehead atoms. The number of rotatable bonds is 1. The Hall–Kier alpha value is -0.970. The number of nitrogen functional groups attached to an aromatic ring is 1. The van der Waals surface area contributed by atoms with Gasteiger partial charge in [0, 0.05) is 12.5 Å². The molecule has 0 aliphatic carbocycles. The molecule has 10 heavy (non-hydrogen) atoms. The van der Waals surface area contributed by atoms with E-state index in [0.717, 1.165) is 0 Å². The second-order valence-corrected chi connectivity index (χ2v) is 2.99. The summed E-state index contributed by atoms with van der Waals surface area (Å²) in [6.07, 6.45) is 2.99. The van der Waals surface area contributed by atoms with E-state index in [0.29, 0.717) is 5.82 Å². The fraction of sp³-hybridized carbons (Fsp3) is 0.200. The van der Waals surface area contributed by atoms with Crippen LogP contribution in [0.15, 0.2) is 17.4 Å². The van der Waals surface area contributed by atoms with Crippen LogP contribution in [-0.4, -0.2) is 20.4 Å². The van der Waals surface area contributed by atoms with Crippen molar-refractivity contribution in [2.24, 2.45) is 0 Å². The van der Waals surface area contributed by atoms with Crippen molar-refractivity contribution in [3.63, 3.8) is 0 Å². The predicted octanol–water partition coefficient (Wildman–Crippen LogP) is -0.204. The highest BCUT2D eigenvalue weighted by Gasteiger charge is 1.98. The first-order chi connectivity index (χ1) is 4.70. The first kappa shape index (κ1) is 7.14. The zero-order valence-electron chi connectivity index (χ0n) is 5.44. The van der Waals surface area contributed by atoms with E-state index in [-0.39, 0.29) is 5.16 Å². The van der Waals surface area contributed by atoms with Gasteiger partial charge < -0.3 is 5.73 Å². The Kier molecular flexibility index (Phi) is 1.96. The van der Waals surface area contributed by atoms with Gasteiger partial charge in [0.25, 0.3) is 0 Å². The van der Waals surface area contributed by atoms with E-state index in [1.807, 2.05) is 0 Å². The fourth-order valence-electron chi connectivity index (χ4n) is 0.492. The monoisotopic (exact) mass is 157 g/mol. The summed E-state index contributed by atoms with van der Waals surface area (Å²) in [6.45, 7) is 0. The zero-order valence-corrected chi connectivity index (χ0v) is 6.26. The van der Waals surface area contributed by atoms with Crippen molar-refractivity contribution < 1.29 is 4.21 Å². The molecule has 0 amide bonds. The molecule has 0 saturated carbocycles. The smallest absolute Gasteiger partial charge is 0.220 e. The number of hydrogen-bond donors (Lipinski definition) is 1. The van der Waals surface area contributed by atoms with Crippen molar-refractivity contribution in [1.82, 2.24) is 9.97 Å². The topological polar surface area (TPSA) is 68.9 Å². The second-order valence-electron chi connectivity index (χ2n) is 1.72. The number of hydrogen-bond acceptors (Lipinski definition) is 4. The predicted molar refractivity (Wildman–Crippen MR) is 38.8 cm³/mol. The summed E-state index contributed by atoms with van der Waals surface area (Å²) in [5.41, 5.74) is 5.31. The van der Waals surface area contributed by atoms with Gasteiger partial charge in [-0.15, -0.1) is 0 Å². The van der Waals surface area contributed by atoms with Gasteiger partial charge in [0.15, 0.2) is 0 Å². The molecule has 4 nitrogen and oxygen atoms in total. The van der Waals surface area contributed by atoms with Gasteiger partial charge >= 0.3 is 0 Å². The Morgan fingerprint density at radius 3 is 2.80 bits per heavy atom. The van der Waals surface area contributed by atoms with Gasteiger partial charge in [-0.05, 0) is 6.07 Å². The molecular weight excluding hydrogens is 150 g/mol. The summed E-state index contributed by atoms with van der Waals surface area (Å²) in [5, 5.41) is 0.278. The molecule has 1 aromatic heterocycles. The SMILES string of the molecule is C[S@](=O)c1nccc(N)n1. The highest BCUT2D eigenvalue weighted by Crippen LogP contribution is 1.98. The Bertz CT molecular complexity index is 263. The molecule has 0 unspecified atom stereocenters. The first-order valence-electron chi connectivity index (χ1n) is 2.62. The van der Waals surface area contributed by atoms with Crippen molar-refractivity contribution >= 4 is 16.6 Å². The van der Waals surface area contributed by atoms with E-state index in [2.05, 4.69) is 9.97 Å². The Balaban J connectivity index is 3.07. The van der Waals surface area contributed by atoms with Crippen molar-refractivity contribution in [3.05, 3.63) is 12.3 Å². The van der Waals surface area contributed by atoms with Crippen LogP contribution < -0.4 is 5.73 Å². The average Bonchev–Trinajstić information content (AvgIpc) is 1.88. The van der Waals surface area contributed by atoms with E-state index in [1.54, 1.807) is 6.07 Å². The van der Waals surface area contributed by atoms with Gasteiger partial charge in [0.2, 0.25) is 5.16 Å². The van der Waals surface area contributed by atoms with E-state index in [4.69, 9.17) is 5.73 Å². The normalized spacial score (nSPS) is 12.9. The zero-order chi connectivity index (χ0) is 7.56. The minimum atomic E-state index is -1.14. The van der Waals surface area contributed by atoms with Crippen molar-refractivity contribution in [2.75, 3.05) is 12.0 Å². The van der Waals surface area contributed by atoms with Crippen LogP contribution in [-0.2, 0) is 10.8 Å². The molecule has 0 aliphatic rings. The van der Waals surface area contributed by atoms with Gasteiger partial charge in [0.1, 0.15) is 5.82 Å². The number of aromatic nitrogens is 2. The molecule has 1 rings (SSSR count). The largest absolute Gasteiger partial charge is 0.384 e. The van der Waals surface area contributed by atoms with Gasteiger partial charge in [0.05, 0.1) is 10.8 Å². The summed E-state index contributed by atoms with van der Waals surface area (Å²) in [7, 11) is -1.14. The van der Waals surface area contributed by atoms with Crippen LogP contribution in [0.5, 0.6) is 0 Å². The van der Waals surface area contributed by atoms with E-state index < -0.39 is 10.8 Å². The Morgan fingerprint density at radius 2 is 2.40 bits per heavy atom. The Morgan fingerprint density at radius 1 is 1.70 bits per heavy atom. The highest BCUT2D eigenvalue weighted by atomic mass is 32.2. The fourth-order valence-corrected chi connectivity index (χ4v) is 0.936. The molecule has 0 aliphatic heterocycles. The maximum Gasteiger partial charge on any atom is 0.220 e. The lowest BCUT2D eigenvalue weighted by Crippen LogP contribution is -1.99. The van der Waals surface area contributed by atoms with Gasteiger partial charge in [-0.25, -0.2) is 9.97 Å². The summed E-state index contributed by atoms with van der Waals surface area (Å²) in [5.74, 6) is 0.347. The summed E-state index contributed by atoms with van der Waals surface area (Å²) >= 11 is 0. The maximum atomic E-state index is 10.7. The lowest BCUT2D eigenvalue weighted by molar-refractivity contribution is 0.680. The highest BCUT2D eigenvalue weighted by molar-refractivity contribution is 7.84. The maximum absolute atomic E-state index is 10.7. The molecule has 1 aromatic rings. The minimum absolute atomic E-state index is 0.278. The molecule has 0 aromatic carbocycles. The third-order valence-corrected chi connectivity index (χ3v) is 1.62. The molecule has 5 heteroatoms. The first-order valence-corrected chi connectivity index (χ1v) is 4.18. The molecule has 0 saturated heterocycles. The third kappa shape index (κ3) is 1.51. The van der Waals surface area contributed by atoms with Crippen molar-refractivity contribution in [2.45, 2.75) is 5.16 Å². The van der Waals surface area contributed by atoms with Crippen LogP contribution in [0.1, 0.15) is 0 Å². The molecule has 54 valence electrons. The van der Waals surface area contributed by atoms with Gasteiger partial charge in [-0.1, -0.05) is 0 Å². The van der Waals surface area contributed by atoms with Crippen LogP contribution in [0.25, 0.3) is 0 Å². The van der Waals surface area contributed by atoms with Crippen LogP contribution in [0, 0.1) is 0 Å². The number of nitrogens with zero attached hydrogens (tertiary/aromatic N) is 2. The summed E-state index contributed by atoms with van der Waals surface area (Å²) < 4.78 is 10.7. The lowest BCUT2D eigenvalue weighted by Gasteiger charge is -1.93. The molecule has 0 spiro atoms. The van der Waals surface area contributed by atoms with Crippen LogP contribution in [0.2, 0.25) is 0 Å². The molecular formula is C5H7N3OS. The lowest BCUT2D eigenvalue weighted by atomic mass is 10.6. The van der Waals surface area contributed by atoms with Crippen molar-refractivity contribution in [1.29, 1.82) is 0 Å². The van der Waals surface area contributed by atoms with Crippen molar-refractivity contribution in [3.8, 4) is 0 Å². The van der Waals surface area contributed by atoms with E-state index in [1.165, 1.54) is 12.5 Å². The Labute approximate surface area is 60.9 Å². The minimum Gasteiger partial charge on any atom is -0.384 e.